The van der Waals surface area contributed by atoms with Gasteiger partial charge in [0.2, 0.25) is 0 Å². The minimum absolute atomic E-state index is 1.18. The Morgan fingerprint density at radius 3 is 2.38 bits per heavy atom. The highest BCUT2D eigenvalue weighted by Crippen LogP contribution is 2.26. The quantitative estimate of drug-likeness (QED) is 0.364. The summed E-state index contributed by atoms with van der Waals surface area (Å²) in [5.74, 6) is 0. The molecule has 0 N–H and O–H groups in total. The van der Waals surface area contributed by atoms with Crippen molar-refractivity contribution in [2.24, 2.45) is 0 Å². The van der Waals surface area contributed by atoms with Crippen LogP contribution in [0.25, 0.3) is 27.6 Å². The van der Waals surface area contributed by atoms with E-state index in [1.54, 1.807) is 0 Å². The molecule has 106 valence electrons. The lowest BCUT2D eigenvalue weighted by molar-refractivity contribution is 0.730. The highest BCUT2D eigenvalue weighted by molar-refractivity contribution is 6.01. The molecule has 0 aliphatic heterocycles. The first-order valence-corrected chi connectivity index (χ1v) is 7.96. The van der Waals surface area contributed by atoms with Crippen molar-refractivity contribution in [1.82, 2.24) is 0 Å². The number of unbranched alkanes of at least 4 members (excludes halogenated alkanes) is 3. The molecule has 21 heavy (non-hydrogen) atoms. The van der Waals surface area contributed by atoms with Crippen molar-refractivity contribution < 1.29 is 0 Å². The number of benzene rings is 3. The van der Waals surface area contributed by atoms with Crippen LogP contribution in [0.15, 0.2) is 60.7 Å². The van der Waals surface area contributed by atoms with Gasteiger partial charge in [-0.3, -0.25) is 0 Å². The van der Waals surface area contributed by atoms with Gasteiger partial charge in [0.15, 0.2) is 0 Å². The van der Waals surface area contributed by atoms with Crippen LogP contribution in [0, 0.1) is 0 Å². The van der Waals surface area contributed by atoms with Crippen molar-refractivity contribution in [3.05, 3.63) is 66.2 Å². The first kappa shape index (κ1) is 13.9. The number of fused-ring (bicyclic) bond motifs is 2. The molecule has 0 saturated carbocycles. The molecule has 0 aliphatic rings. The highest BCUT2D eigenvalue weighted by Gasteiger charge is 2.00. The molecule has 0 amide bonds. The molecule has 3 aromatic carbocycles. The molecule has 0 nitrogen and oxygen atoms in total. The van der Waals surface area contributed by atoms with Crippen molar-refractivity contribution in [1.29, 1.82) is 0 Å². The lowest BCUT2D eigenvalue weighted by atomic mass is 9.99. The Kier molecular flexibility index (Phi) is 4.35. The molecule has 0 fully saturated rings. The van der Waals surface area contributed by atoms with Crippen LogP contribution in [0.1, 0.15) is 38.2 Å². The summed E-state index contributed by atoms with van der Waals surface area (Å²) in [5, 5.41) is 5.30. The Labute approximate surface area is 127 Å². The van der Waals surface area contributed by atoms with Crippen LogP contribution in [0.3, 0.4) is 0 Å². The average Bonchev–Trinajstić information content (AvgIpc) is 2.53. The molecule has 0 atom stereocenters. The molecule has 0 heterocycles. The maximum atomic E-state index is 2.32. The van der Waals surface area contributed by atoms with Gasteiger partial charge in [-0.2, -0.15) is 0 Å². The van der Waals surface area contributed by atoms with Gasteiger partial charge in [-0.05, 0) is 52.1 Å². The second kappa shape index (κ2) is 6.58. The van der Waals surface area contributed by atoms with Gasteiger partial charge in [-0.1, -0.05) is 74.4 Å². The largest absolute Gasteiger partial charge is 0.0839 e. The van der Waals surface area contributed by atoms with Crippen LogP contribution < -0.4 is 0 Å². The minimum atomic E-state index is 1.18. The average molecular weight is 274 g/mol. The standard InChI is InChI=1S/C21H22/c1-2-3-4-5-6-10-17-13-9-14-20-15-18-11-7-8-12-19(18)16-21(17)20/h6-16H,2-5H2,1H3/b10-6+. The van der Waals surface area contributed by atoms with Gasteiger partial charge in [-0.15, -0.1) is 0 Å². The van der Waals surface area contributed by atoms with Gasteiger partial charge in [0.05, 0.1) is 0 Å². The van der Waals surface area contributed by atoms with Gasteiger partial charge in [-0.25, -0.2) is 0 Å². The Hall–Kier alpha value is -2.08. The normalized spacial score (nSPS) is 11.7. The second-order valence-corrected chi connectivity index (χ2v) is 5.67. The molecule has 0 bridgehead atoms. The number of allylic oxidation sites excluding steroid dienone is 1. The van der Waals surface area contributed by atoms with Crippen molar-refractivity contribution in [2.45, 2.75) is 32.6 Å². The van der Waals surface area contributed by atoms with E-state index < -0.39 is 0 Å². The van der Waals surface area contributed by atoms with Crippen molar-refractivity contribution >= 4 is 27.6 Å². The molecule has 3 rings (SSSR count). The van der Waals surface area contributed by atoms with Crippen LogP contribution >= 0.6 is 0 Å². The van der Waals surface area contributed by atoms with Crippen LogP contribution in [-0.2, 0) is 0 Å². The zero-order chi connectivity index (χ0) is 14.5. The molecule has 0 heteroatoms. The molecular weight excluding hydrogens is 252 g/mol. The summed E-state index contributed by atoms with van der Waals surface area (Å²) in [4.78, 5) is 0. The zero-order valence-electron chi connectivity index (χ0n) is 12.7. The number of hydrogen-bond acceptors (Lipinski definition) is 0. The molecule has 0 spiro atoms. The van der Waals surface area contributed by atoms with E-state index in [4.69, 9.17) is 0 Å². The maximum absolute atomic E-state index is 2.32. The highest BCUT2D eigenvalue weighted by atomic mass is 14.0. The van der Waals surface area contributed by atoms with Gasteiger partial charge in [0.1, 0.15) is 0 Å². The lowest BCUT2D eigenvalue weighted by Crippen LogP contribution is -1.80. The second-order valence-electron chi connectivity index (χ2n) is 5.67. The maximum Gasteiger partial charge on any atom is -0.0105 e. The van der Waals surface area contributed by atoms with E-state index in [9.17, 15) is 0 Å². The van der Waals surface area contributed by atoms with E-state index in [1.165, 1.54) is 52.8 Å². The molecule has 0 aliphatic carbocycles. The first-order chi connectivity index (χ1) is 10.4. The Bertz CT molecular complexity index is 765. The fourth-order valence-corrected chi connectivity index (χ4v) is 2.86. The summed E-state index contributed by atoms with van der Waals surface area (Å²) in [6.45, 7) is 2.25. The van der Waals surface area contributed by atoms with Crippen molar-refractivity contribution in [2.75, 3.05) is 0 Å². The molecule has 0 aromatic heterocycles. The Morgan fingerprint density at radius 1 is 0.810 bits per heavy atom. The van der Waals surface area contributed by atoms with Crippen LogP contribution in [0.4, 0.5) is 0 Å². The number of hydrogen-bond donors (Lipinski definition) is 0. The van der Waals surface area contributed by atoms with E-state index in [0.717, 1.165) is 0 Å². The topological polar surface area (TPSA) is 0 Å². The van der Waals surface area contributed by atoms with Crippen LogP contribution in [-0.4, -0.2) is 0 Å². The fourth-order valence-electron chi connectivity index (χ4n) is 2.86. The summed E-state index contributed by atoms with van der Waals surface area (Å²) >= 11 is 0. The lowest BCUT2D eigenvalue weighted by Gasteiger charge is -2.05. The summed E-state index contributed by atoms with van der Waals surface area (Å²) in [6.07, 6.45) is 9.68. The summed E-state index contributed by atoms with van der Waals surface area (Å²) in [5.41, 5.74) is 1.33. The monoisotopic (exact) mass is 274 g/mol. The van der Waals surface area contributed by atoms with Gasteiger partial charge in [0, 0.05) is 0 Å². The van der Waals surface area contributed by atoms with E-state index >= 15 is 0 Å². The molecule has 0 radical (unpaired) electrons. The summed E-state index contributed by atoms with van der Waals surface area (Å²) in [6, 6.07) is 19.8. The van der Waals surface area contributed by atoms with E-state index in [-0.39, 0.29) is 0 Å². The van der Waals surface area contributed by atoms with E-state index in [1.807, 2.05) is 0 Å². The van der Waals surface area contributed by atoms with Gasteiger partial charge in [0.25, 0.3) is 0 Å². The predicted octanol–water partition coefficient (Wildman–Crippen LogP) is 6.59. The van der Waals surface area contributed by atoms with Gasteiger partial charge >= 0.3 is 0 Å². The zero-order valence-corrected chi connectivity index (χ0v) is 12.7. The molecule has 3 aromatic rings. The molecule has 0 unspecified atom stereocenters. The fraction of sp³-hybridized carbons (Fsp3) is 0.238. The van der Waals surface area contributed by atoms with E-state index in [0.29, 0.717) is 0 Å². The predicted molar refractivity (Wildman–Crippen MR) is 94.6 cm³/mol. The number of rotatable bonds is 5. The third-order valence-electron chi connectivity index (χ3n) is 4.05. The SMILES string of the molecule is CCCCC/C=C/c1cccc2cc3ccccc3cc12. The molecular formula is C21H22. The Morgan fingerprint density at radius 2 is 1.57 bits per heavy atom. The molecule has 0 saturated heterocycles. The Balaban J connectivity index is 1.96. The third-order valence-corrected chi connectivity index (χ3v) is 4.05. The van der Waals surface area contributed by atoms with E-state index in [2.05, 4.69) is 73.7 Å². The van der Waals surface area contributed by atoms with Gasteiger partial charge < -0.3 is 0 Å². The first-order valence-electron chi connectivity index (χ1n) is 7.96. The van der Waals surface area contributed by atoms with Crippen molar-refractivity contribution in [3.8, 4) is 0 Å². The summed E-state index contributed by atoms with van der Waals surface area (Å²) < 4.78 is 0. The van der Waals surface area contributed by atoms with Crippen LogP contribution in [0.2, 0.25) is 0 Å². The van der Waals surface area contributed by atoms with Crippen LogP contribution in [0.5, 0.6) is 0 Å². The minimum Gasteiger partial charge on any atom is -0.0839 e. The smallest absolute Gasteiger partial charge is 0.0105 e. The third kappa shape index (κ3) is 3.16. The van der Waals surface area contributed by atoms with Crippen molar-refractivity contribution in [3.63, 3.8) is 0 Å². The summed E-state index contributed by atoms with van der Waals surface area (Å²) in [7, 11) is 0.